The van der Waals surface area contributed by atoms with Crippen molar-refractivity contribution in [3.8, 4) is 23.0 Å². The molecule has 1 aliphatic heterocycles. The third-order valence-electron chi connectivity index (χ3n) is 7.97. The Morgan fingerprint density at radius 2 is 1.91 bits per heavy atom. The number of nitriles is 1. The maximum atomic E-state index is 15.0. The van der Waals surface area contributed by atoms with Crippen LogP contribution in [0.2, 0.25) is 5.02 Å². The minimum Gasteiger partial charge on any atom is -0.363 e. The van der Waals surface area contributed by atoms with Crippen LogP contribution in [0.4, 0.5) is 10.1 Å². The van der Waals surface area contributed by atoms with E-state index >= 15 is 4.39 Å². The molecule has 0 radical (unpaired) electrons. The lowest BCUT2D eigenvalue weighted by Crippen LogP contribution is -2.58. The molecular formula is C33H32ClFN6O2. The molecular weight excluding hydrogens is 567 g/mol. The molecule has 4 heterocycles. The summed E-state index contributed by atoms with van der Waals surface area (Å²) in [6, 6.07) is 11.3. The lowest BCUT2D eigenvalue weighted by molar-refractivity contribution is -0.128. The van der Waals surface area contributed by atoms with E-state index in [0.717, 1.165) is 5.56 Å². The smallest absolute Gasteiger partial charge is 0.276 e. The van der Waals surface area contributed by atoms with Crippen LogP contribution in [0, 0.1) is 24.1 Å². The van der Waals surface area contributed by atoms with Crippen molar-refractivity contribution < 1.29 is 9.18 Å². The number of benzene rings is 1. The van der Waals surface area contributed by atoms with Crippen LogP contribution in [-0.4, -0.2) is 50.5 Å². The van der Waals surface area contributed by atoms with Crippen molar-refractivity contribution in [2.45, 2.75) is 52.6 Å². The van der Waals surface area contributed by atoms with Crippen molar-refractivity contribution in [3.63, 3.8) is 0 Å². The molecule has 8 nitrogen and oxygen atoms in total. The van der Waals surface area contributed by atoms with Crippen LogP contribution in [0.1, 0.15) is 50.4 Å². The van der Waals surface area contributed by atoms with E-state index in [1.54, 1.807) is 41.4 Å². The maximum absolute atomic E-state index is 15.0. The van der Waals surface area contributed by atoms with Crippen molar-refractivity contribution in [2.75, 3.05) is 18.0 Å². The monoisotopic (exact) mass is 598 g/mol. The van der Waals surface area contributed by atoms with Gasteiger partial charge in [0.2, 0.25) is 5.91 Å². The van der Waals surface area contributed by atoms with E-state index in [1.807, 2.05) is 39.5 Å². The molecule has 0 unspecified atom stereocenters. The zero-order valence-electron chi connectivity index (χ0n) is 24.7. The fourth-order valence-electron chi connectivity index (χ4n) is 5.86. The Kier molecular flexibility index (Phi) is 8.08. The normalized spacial score (nSPS) is 16.9. The van der Waals surface area contributed by atoms with E-state index in [-0.39, 0.29) is 51.4 Å². The van der Waals surface area contributed by atoms with Gasteiger partial charge in [0.15, 0.2) is 0 Å². The zero-order chi connectivity index (χ0) is 31.2. The van der Waals surface area contributed by atoms with Gasteiger partial charge in [-0.3, -0.25) is 19.1 Å². The van der Waals surface area contributed by atoms with Gasteiger partial charge >= 0.3 is 0 Å². The van der Waals surface area contributed by atoms with Crippen LogP contribution in [0.25, 0.3) is 28.0 Å². The fraction of sp³-hybridized carbons (Fsp3) is 0.303. The van der Waals surface area contributed by atoms with Crippen molar-refractivity contribution in [1.82, 2.24) is 19.4 Å². The van der Waals surface area contributed by atoms with E-state index in [2.05, 4.69) is 17.6 Å². The van der Waals surface area contributed by atoms with E-state index in [1.165, 1.54) is 16.7 Å². The van der Waals surface area contributed by atoms with E-state index in [4.69, 9.17) is 16.6 Å². The molecule has 220 valence electrons. The number of pyridine rings is 3. The topological polar surface area (TPSA) is 95.1 Å². The minimum atomic E-state index is -0.568. The van der Waals surface area contributed by atoms with Crippen LogP contribution in [0.3, 0.4) is 0 Å². The molecule has 43 heavy (non-hydrogen) atoms. The molecule has 0 spiro atoms. The largest absolute Gasteiger partial charge is 0.363 e. The Balaban J connectivity index is 1.91. The molecule has 2 atom stereocenters. The minimum absolute atomic E-state index is 0.0586. The first-order valence-corrected chi connectivity index (χ1v) is 14.5. The van der Waals surface area contributed by atoms with E-state index in [9.17, 15) is 14.9 Å². The highest BCUT2D eigenvalue weighted by atomic mass is 35.5. The predicted octanol–water partition coefficient (Wildman–Crippen LogP) is 6.16. The summed E-state index contributed by atoms with van der Waals surface area (Å²) in [6.45, 7) is 14.0. The number of piperazine rings is 1. The van der Waals surface area contributed by atoms with Gasteiger partial charge in [-0.1, -0.05) is 44.2 Å². The van der Waals surface area contributed by atoms with Gasteiger partial charge in [0, 0.05) is 42.3 Å². The molecule has 0 saturated carbocycles. The number of hydrogen-bond donors (Lipinski definition) is 0. The van der Waals surface area contributed by atoms with Gasteiger partial charge < -0.3 is 9.80 Å². The summed E-state index contributed by atoms with van der Waals surface area (Å²) in [5, 5.41) is 11.1. The molecule has 1 aliphatic rings. The Morgan fingerprint density at radius 1 is 1.19 bits per heavy atom. The summed E-state index contributed by atoms with van der Waals surface area (Å²) < 4.78 is 16.5. The number of rotatable bonds is 5. The first-order valence-electron chi connectivity index (χ1n) is 14.1. The summed E-state index contributed by atoms with van der Waals surface area (Å²) in [4.78, 5) is 40.1. The van der Waals surface area contributed by atoms with Gasteiger partial charge in [-0.15, -0.1) is 0 Å². The quantitative estimate of drug-likeness (QED) is 0.256. The van der Waals surface area contributed by atoms with E-state index < -0.39 is 11.4 Å². The number of amides is 1. The van der Waals surface area contributed by atoms with Crippen LogP contribution >= 0.6 is 11.6 Å². The molecule has 10 heteroatoms. The SMILES string of the molecule is C=CC(=O)N1C[C@H](C)N(c2c(C#N)c(=O)n(-c3c(C)ccnc3C(C)C)c3nc(-c4ccccc4F)c(Cl)cc23)C[C@H]1C. The van der Waals surface area contributed by atoms with Crippen molar-refractivity contribution >= 4 is 34.2 Å². The Morgan fingerprint density at radius 3 is 2.56 bits per heavy atom. The maximum Gasteiger partial charge on any atom is 0.276 e. The van der Waals surface area contributed by atoms with Crippen LogP contribution < -0.4 is 10.5 Å². The van der Waals surface area contributed by atoms with E-state index in [0.29, 0.717) is 35.5 Å². The number of hydrogen-bond acceptors (Lipinski definition) is 6. The lowest BCUT2D eigenvalue weighted by Gasteiger charge is -2.45. The highest BCUT2D eigenvalue weighted by Crippen LogP contribution is 2.39. The second-order valence-electron chi connectivity index (χ2n) is 11.2. The molecule has 0 bridgehead atoms. The average molecular weight is 599 g/mol. The summed E-state index contributed by atoms with van der Waals surface area (Å²) in [6.07, 6.45) is 2.97. The van der Waals surface area contributed by atoms with Crippen LogP contribution in [-0.2, 0) is 4.79 Å². The molecule has 3 aromatic heterocycles. The molecule has 0 aliphatic carbocycles. The first kappa shape index (κ1) is 29.9. The zero-order valence-corrected chi connectivity index (χ0v) is 25.5. The molecule has 1 fully saturated rings. The lowest BCUT2D eigenvalue weighted by atomic mass is 10.0. The van der Waals surface area contributed by atoms with Crippen LogP contribution in [0.15, 0.2) is 60.0 Å². The highest BCUT2D eigenvalue weighted by molar-refractivity contribution is 6.34. The number of aryl methyl sites for hydroxylation is 1. The number of nitrogens with zero attached hydrogens (tertiary/aromatic N) is 6. The number of anilines is 1. The molecule has 1 amide bonds. The average Bonchev–Trinajstić information content (AvgIpc) is 2.98. The van der Waals surface area contributed by atoms with Crippen molar-refractivity contribution in [1.29, 1.82) is 5.26 Å². The van der Waals surface area contributed by atoms with Gasteiger partial charge in [-0.05, 0) is 62.6 Å². The van der Waals surface area contributed by atoms with Crippen molar-refractivity contribution in [3.05, 3.63) is 93.3 Å². The Bertz CT molecular complexity index is 1880. The Labute approximate surface area is 254 Å². The van der Waals surface area contributed by atoms with Crippen molar-refractivity contribution in [2.24, 2.45) is 0 Å². The molecule has 4 aromatic rings. The third kappa shape index (κ3) is 5.06. The summed E-state index contributed by atoms with van der Waals surface area (Å²) in [7, 11) is 0. The number of halogens is 2. The highest BCUT2D eigenvalue weighted by Gasteiger charge is 2.35. The molecule has 1 saturated heterocycles. The molecule has 1 aromatic carbocycles. The summed E-state index contributed by atoms with van der Waals surface area (Å²) in [5.41, 5.74) is 2.26. The third-order valence-corrected chi connectivity index (χ3v) is 8.26. The second kappa shape index (κ2) is 11.6. The number of carbonyl (C=O) groups is 1. The Hall–Kier alpha value is -4.55. The summed E-state index contributed by atoms with van der Waals surface area (Å²) >= 11 is 6.82. The second-order valence-corrected chi connectivity index (χ2v) is 11.6. The predicted molar refractivity (Wildman–Crippen MR) is 167 cm³/mol. The number of aromatic nitrogens is 3. The molecule has 5 rings (SSSR count). The standard InChI is InChI=1S/C33H32ClFN6O2/c1-7-27(42)39-16-21(6)40(17-20(39)5)31-23-14-25(34)29(22-10-8-9-11-26(22)35)38-32(23)41(33(43)24(31)15-36)30-19(4)12-13-37-28(30)18(2)3/h7-14,18,20-21H,1,16-17H2,2-6H3/t20-,21+/m1/s1. The van der Waals surface area contributed by atoms with Gasteiger partial charge in [-0.25, -0.2) is 9.37 Å². The van der Waals surface area contributed by atoms with Crippen LogP contribution in [0.5, 0.6) is 0 Å². The number of carbonyl (C=O) groups excluding carboxylic acids is 1. The van der Waals surface area contributed by atoms with Gasteiger partial charge in [-0.2, -0.15) is 5.26 Å². The first-order chi connectivity index (χ1) is 20.5. The molecule has 0 N–H and O–H groups in total. The number of fused-ring (bicyclic) bond motifs is 1. The van der Waals surface area contributed by atoms with Gasteiger partial charge in [0.1, 0.15) is 23.1 Å². The van der Waals surface area contributed by atoms with Gasteiger partial charge in [0.25, 0.3) is 5.56 Å². The van der Waals surface area contributed by atoms with Gasteiger partial charge in [0.05, 0.1) is 27.8 Å². The fourth-order valence-corrected chi connectivity index (χ4v) is 6.12. The summed E-state index contributed by atoms with van der Waals surface area (Å²) in [5.74, 6) is -0.756.